The molecule has 4 aromatic rings. The van der Waals surface area contributed by atoms with Crippen molar-refractivity contribution in [3.05, 3.63) is 94.5 Å². The van der Waals surface area contributed by atoms with Crippen LogP contribution in [0.3, 0.4) is 0 Å². The Bertz CT molecular complexity index is 1220. The van der Waals surface area contributed by atoms with Gasteiger partial charge in [-0.15, -0.1) is 0 Å². The molecule has 1 heterocycles. The number of para-hydroxylation sites is 1. The number of amides is 1. The standard InChI is InChI=1S/C26H24Cl2N4O/c1-32(21-6-3-2-4-7-21)15-5-14-29-26(33)19-10-8-18(9-11-19)24-17-25(31-30-24)22-13-12-20(27)16-23(22)28/h2-4,6-13,16-17H,5,14-15H2,1H3,(H,29,33)(H,30,31). The lowest BCUT2D eigenvalue weighted by Gasteiger charge is -2.19. The molecule has 168 valence electrons. The fourth-order valence-electron chi connectivity index (χ4n) is 3.54. The van der Waals surface area contributed by atoms with E-state index in [2.05, 4.69) is 39.6 Å². The molecule has 4 rings (SSSR count). The number of anilines is 1. The average molecular weight is 479 g/mol. The zero-order chi connectivity index (χ0) is 23.2. The van der Waals surface area contributed by atoms with Crippen molar-refractivity contribution in [3.8, 4) is 22.5 Å². The van der Waals surface area contributed by atoms with Gasteiger partial charge < -0.3 is 10.2 Å². The van der Waals surface area contributed by atoms with Crippen LogP contribution >= 0.6 is 23.2 Å². The number of aromatic amines is 1. The van der Waals surface area contributed by atoms with Crippen molar-refractivity contribution < 1.29 is 4.79 Å². The molecule has 0 saturated heterocycles. The normalized spacial score (nSPS) is 10.8. The first kappa shape index (κ1) is 22.9. The van der Waals surface area contributed by atoms with Crippen LogP contribution in [-0.4, -0.2) is 36.2 Å². The minimum Gasteiger partial charge on any atom is -0.375 e. The Morgan fingerprint density at radius 3 is 2.48 bits per heavy atom. The minimum atomic E-state index is -0.0837. The predicted octanol–water partition coefficient (Wildman–Crippen LogP) is 6.31. The average Bonchev–Trinajstić information content (AvgIpc) is 3.32. The van der Waals surface area contributed by atoms with E-state index >= 15 is 0 Å². The van der Waals surface area contributed by atoms with E-state index in [-0.39, 0.29) is 5.91 Å². The van der Waals surface area contributed by atoms with E-state index in [0.717, 1.165) is 35.5 Å². The van der Waals surface area contributed by atoms with Crippen molar-refractivity contribution in [2.45, 2.75) is 6.42 Å². The third kappa shape index (κ3) is 5.75. The van der Waals surface area contributed by atoms with E-state index in [1.165, 1.54) is 5.69 Å². The van der Waals surface area contributed by atoms with Crippen LogP contribution in [0.25, 0.3) is 22.5 Å². The molecule has 0 radical (unpaired) electrons. The van der Waals surface area contributed by atoms with E-state index in [1.54, 1.807) is 12.1 Å². The van der Waals surface area contributed by atoms with Gasteiger partial charge in [0.15, 0.2) is 0 Å². The lowest BCUT2D eigenvalue weighted by atomic mass is 10.1. The number of carbonyl (C=O) groups excluding carboxylic acids is 1. The summed E-state index contributed by atoms with van der Waals surface area (Å²) >= 11 is 12.3. The molecule has 3 aromatic carbocycles. The molecule has 0 aliphatic carbocycles. The van der Waals surface area contributed by atoms with E-state index < -0.39 is 0 Å². The molecule has 0 fully saturated rings. The second-order valence-electron chi connectivity index (χ2n) is 7.73. The number of carbonyl (C=O) groups is 1. The van der Waals surface area contributed by atoms with Crippen LogP contribution in [-0.2, 0) is 0 Å². The van der Waals surface area contributed by atoms with Gasteiger partial charge in [0, 0.05) is 47.5 Å². The lowest BCUT2D eigenvalue weighted by Crippen LogP contribution is -2.28. The number of nitrogens with zero attached hydrogens (tertiary/aromatic N) is 2. The highest BCUT2D eigenvalue weighted by molar-refractivity contribution is 6.36. The van der Waals surface area contributed by atoms with Crippen molar-refractivity contribution in [3.63, 3.8) is 0 Å². The number of H-pyrrole nitrogens is 1. The van der Waals surface area contributed by atoms with Gasteiger partial charge in [0.25, 0.3) is 5.91 Å². The Morgan fingerprint density at radius 2 is 1.76 bits per heavy atom. The van der Waals surface area contributed by atoms with Crippen molar-refractivity contribution in [1.29, 1.82) is 0 Å². The van der Waals surface area contributed by atoms with Crippen LogP contribution in [0, 0.1) is 0 Å². The summed E-state index contributed by atoms with van der Waals surface area (Å²) in [5.74, 6) is -0.0837. The van der Waals surface area contributed by atoms with Gasteiger partial charge in [-0.2, -0.15) is 5.10 Å². The number of nitrogens with one attached hydrogen (secondary N) is 2. The largest absolute Gasteiger partial charge is 0.375 e. The Labute approximate surface area is 203 Å². The molecule has 0 saturated carbocycles. The summed E-state index contributed by atoms with van der Waals surface area (Å²) < 4.78 is 0. The van der Waals surface area contributed by atoms with Crippen molar-refractivity contribution in [1.82, 2.24) is 15.5 Å². The third-order valence-corrected chi connectivity index (χ3v) is 5.94. The Kier molecular flexibility index (Phi) is 7.33. The molecule has 0 spiro atoms. The predicted molar refractivity (Wildman–Crippen MR) is 136 cm³/mol. The van der Waals surface area contributed by atoms with Crippen LogP contribution in [0.1, 0.15) is 16.8 Å². The number of benzene rings is 3. The van der Waals surface area contributed by atoms with Gasteiger partial charge >= 0.3 is 0 Å². The monoisotopic (exact) mass is 478 g/mol. The number of aromatic nitrogens is 2. The van der Waals surface area contributed by atoms with E-state index in [9.17, 15) is 4.79 Å². The highest BCUT2D eigenvalue weighted by Crippen LogP contribution is 2.31. The van der Waals surface area contributed by atoms with E-state index in [1.807, 2.05) is 54.6 Å². The molecular formula is C26H24Cl2N4O. The third-order valence-electron chi connectivity index (χ3n) is 5.39. The molecule has 1 amide bonds. The van der Waals surface area contributed by atoms with Gasteiger partial charge in [-0.1, -0.05) is 53.5 Å². The minimum absolute atomic E-state index is 0.0837. The van der Waals surface area contributed by atoms with Gasteiger partial charge in [-0.3, -0.25) is 9.89 Å². The van der Waals surface area contributed by atoms with Crippen molar-refractivity contribution in [2.75, 3.05) is 25.0 Å². The summed E-state index contributed by atoms with van der Waals surface area (Å²) in [6.07, 6.45) is 0.860. The summed E-state index contributed by atoms with van der Waals surface area (Å²) in [7, 11) is 2.05. The highest BCUT2D eigenvalue weighted by Gasteiger charge is 2.11. The number of hydrogen-bond acceptors (Lipinski definition) is 3. The summed E-state index contributed by atoms with van der Waals surface area (Å²) in [6, 6.07) is 24.9. The summed E-state index contributed by atoms with van der Waals surface area (Å²) in [5, 5.41) is 11.5. The molecule has 0 aliphatic heterocycles. The molecule has 7 heteroatoms. The van der Waals surface area contributed by atoms with Crippen LogP contribution in [0.15, 0.2) is 78.9 Å². The first-order valence-corrected chi connectivity index (χ1v) is 11.4. The Balaban J connectivity index is 1.32. The zero-order valence-corrected chi connectivity index (χ0v) is 19.7. The summed E-state index contributed by atoms with van der Waals surface area (Å²) in [6.45, 7) is 1.48. The number of halogens is 2. The van der Waals surface area contributed by atoms with Crippen LogP contribution < -0.4 is 10.2 Å². The first-order valence-electron chi connectivity index (χ1n) is 10.7. The molecular weight excluding hydrogens is 455 g/mol. The van der Waals surface area contributed by atoms with Gasteiger partial charge in [0.1, 0.15) is 0 Å². The number of hydrogen-bond donors (Lipinski definition) is 2. The lowest BCUT2D eigenvalue weighted by molar-refractivity contribution is 0.0953. The molecule has 5 nitrogen and oxygen atoms in total. The quantitative estimate of drug-likeness (QED) is 0.291. The molecule has 1 aromatic heterocycles. The maximum atomic E-state index is 12.5. The van der Waals surface area contributed by atoms with Crippen LogP contribution in [0.4, 0.5) is 5.69 Å². The summed E-state index contributed by atoms with van der Waals surface area (Å²) in [4.78, 5) is 14.7. The van der Waals surface area contributed by atoms with Gasteiger partial charge in [0.2, 0.25) is 0 Å². The summed E-state index contributed by atoms with van der Waals surface area (Å²) in [5.41, 5.74) is 5.09. The van der Waals surface area contributed by atoms with Gasteiger partial charge in [0.05, 0.1) is 16.4 Å². The van der Waals surface area contributed by atoms with Gasteiger partial charge in [-0.05, 0) is 55.0 Å². The molecule has 0 unspecified atom stereocenters. The SMILES string of the molecule is CN(CCCNC(=O)c1ccc(-c2cc(-c3ccc(Cl)cc3Cl)[nH]n2)cc1)c1ccccc1. The molecule has 33 heavy (non-hydrogen) atoms. The van der Waals surface area contributed by atoms with E-state index in [0.29, 0.717) is 22.2 Å². The molecule has 0 atom stereocenters. The highest BCUT2D eigenvalue weighted by atomic mass is 35.5. The zero-order valence-electron chi connectivity index (χ0n) is 18.2. The second kappa shape index (κ2) is 10.6. The fraction of sp³-hybridized carbons (Fsp3) is 0.154. The maximum absolute atomic E-state index is 12.5. The van der Waals surface area contributed by atoms with Crippen molar-refractivity contribution in [2.24, 2.45) is 0 Å². The molecule has 0 bridgehead atoms. The van der Waals surface area contributed by atoms with E-state index in [4.69, 9.17) is 23.2 Å². The Morgan fingerprint density at radius 1 is 1.00 bits per heavy atom. The van der Waals surface area contributed by atoms with Crippen molar-refractivity contribution >= 4 is 34.8 Å². The van der Waals surface area contributed by atoms with Gasteiger partial charge in [-0.25, -0.2) is 0 Å². The van der Waals surface area contributed by atoms with Crippen LogP contribution in [0.2, 0.25) is 10.0 Å². The fourth-order valence-corrected chi connectivity index (χ4v) is 4.05. The maximum Gasteiger partial charge on any atom is 0.251 e. The second-order valence-corrected chi connectivity index (χ2v) is 8.58. The first-order chi connectivity index (χ1) is 16.0. The Hall–Kier alpha value is -3.28. The smallest absolute Gasteiger partial charge is 0.251 e. The van der Waals surface area contributed by atoms with Crippen LogP contribution in [0.5, 0.6) is 0 Å². The molecule has 2 N–H and O–H groups in total. The molecule has 0 aliphatic rings. The number of rotatable bonds is 8. The topological polar surface area (TPSA) is 61.0 Å².